The minimum absolute atomic E-state index is 0.00736. The van der Waals surface area contributed by atoms with Crippen LogP contribution in [0.5, 0.6) is 0 Å². The third-order valence-electron chi connectivity index (χ3n) is 2.38. The first-order valence-corrected chi connectivity index (χ1v) is 5.99. The van der Waals surface area contributed by atoms with E-state index in [4.69, 9.17) is 5.73 Å². The second-order valence-corrected chi connectivity index (χ2v) is 4.58. The second-order valence-electron chi connectivity index (χ2n) is 3.64. The number of thioether (sulfide) groups is 1. The Kier molecular flexibility index (Phi) is 3.19. The van der Waals surface area contributed by atoms with Gasteiger partial charge < -0.3 is 10.3 Å². The van der Waals surface area contributed by atoms with Crippen LogP contribution < -0.4 is 5.73 Å². The predicted octanol–water partition coefficient (Wildman–Crippen LogP) is 1.06. The van der Waals surface area contributed by atoms with Crippen molar-refractivity contribution in [3.8, 4) is 0 Å². The number of fused-ring (bicyclic) bond motifs is 1. The number of carbonyl (C=O) groups excluding carboxylic acids is 1. The number of benzene rings is 1. The molecule has 0 saturated heterocycles. The van der Waals surface area contributed by atoms with E-state index in [-0.39, 0.29) is 11.4 Å². The van der Waals surface area contributed by atoms with Crippen LogP contribution in [0.15, 0.2) is 23.4 Å². The minimum Gasteiger partial charge on any atom is -0.369 e. The maximum atomic E-state index is 10.7. The first kappa shape index (κ1) is 12.4. The Labute approximate surface area is 106 Å². The van der Waals surface area contributed by atoms with Crippen LogP contribution in [0.4, 0.5) is 5.69 Å². The summed E-state index contributed by atoms with van der Waals surface area (Å²) >= 11 is 1.20. The lowest BCUT2D eigenvalue weighted by atomic mass is 10.3. The first-order chi connectivity index (χ1) is 8.49. The number of nitrogens with zero attached hydrogens (tertiary/aromatic N) is 3. The molecule has 0 aliphatic heterocycles. The molecule has 0 radical (unpaired) electrons. The molecule has 0 unspecified atom stereocenters. The molecule has 0 fully saturated rings. The molecule has 0 spiro atoms. The number of amides is 1. The van der Waals surface area contributed by atoms with Crippen molar-refractivity contribution in [3.63, 3.8) is 0 Å². The van der Waals surface area contributed by atoms with Crippen molar-refractivity contribution in [2.75, 3.05) is 5.75 Å². The van der Waals surface area contributed by atoms with Gasteiger partial charge in [-0.25, -0.2) is 4.98 Å². The highest BCUT2D eigenvalue weighted by Crippen LogP contribution is 2.25. The molecule has 0 bridgehead atoms. The van der Waals surface area contributed by atoms with Gasteiger partial charge in [-0.1, -0.05) is 11.8 Å². The van der Waals surface area contributed by atoms with Gasteiger partial charge in [-0.3, -0.25) is 14.9 Å². The third kappa shape index (κ3) is 2.28. The van der Waals surface area contributed by atoms with E-state index in [1.54, 1.807) is 17.7 Å². The van der Waals surface area contributed by atoms with E-state index >= 15 is 0 Å². The van der Waals surface area contributed by atoms with Crippen LogP contribution in [-0.4, -0.2) is 26.1 Å². The van der Waals surface area contributed by atoms with Gasteiger partial charge in [0.1, 0.15) is 0 Å². The van der Waals surface area contributed by atoms with E-state index in [9.17, 15) is 14.9 Å². The summed E-state index contributed by atoms with van der Waals surface area (Å²) in [6.45, 7) is 0. The van der Waals surface area contributed by atoms with Crippen molar-refractivity contribution in [3.05, 3.63) is 28.3 Å². The van der Waals surface area contributed by atoms with Crippen molar-refractivity contribution >= 4 is 34.4 Å². The summed E-state index contributed by atoms with van der Waals surface area (Å²) in [6, 6.07) is 4.46. The lowest BCUT2D eigenvalue weighted by molar-refractivity contribution is -0.384. The van der Waals surface area contributed by atoms with E-state index in [1.807, 2.05) is 0 Å². The molecule has 1 aromatic carbocycles. The summed E-state index contributed by atoms with van der Waals surface area (Å²) in [5.41, 5.74) is 6.35. The van der Waals surface area contributed by atoms with Crippen LogP contribution in [0.2, 0.25) is 0 Å². The van der Waals surface area contributed by atoms with Gasteiger partial charge in [0.15, 0.2) is 5.16 Å². The van der Waals surface area contributed by atoms with Gasteiger partial charge in [-0.15, -0.1) is 0 Å². The molecule has 1 aromatic heterocycles. The number of carbonyl (C=O) groups is 1. The summed E-state index contributed by atoms with van der Waals surface area (Å²) in [7, 11) is 1.78. The average Bonchev–Trinajstić information content (AvgIpc) is 2.63. The first-order valence-electron chi connectivity index (χ1n) is 5.01. The van der Waals surface area contributed by atoms with E-state index < -0.39 is 10.8 Å². The van der Waals surface area contributed by atoms with E-state index in [1.165, 1.54) is 23.9 Å². The summed E-state index contributed by atoms with van der Waals surface area (Å²) in [6.07, 6.45) is 0. The van der Waals surface area contributed by atoms with E-state index in [0.29, 0.717) is 10.7 Å². The summed E-state index contributed by atoms with van der Waals surface area (Å²) in [4.78, 5) is 25.1. The van der Waals surface area contributed by atoms with Gasteiger partial charge in [-0.05, 0) is 6.07 Å². The average molecular weight is 266 g/mol. The molecular weight excluding hydrogens is 256 g/mol. The quantitative estimate of drug-likeness (QED) is 0.506. The number of nitrogens with two attached hydrogens (primary N) is 1. The van der Waals surface area contributed by atoms with Crippen molar-refractivity contribution in [2.45, 2.75) is 5.16 Å². The Hall–Kier alpha value is -2.09. The van der Waals surface area contributed by atoms with Crippen LogP contribution in [0, 0.1) is 10.1 Å². The Morgan fingerprint density at radius 2 is 2.33 bits per heavy atom. The molecule has 7 nitrogen and oxygen atoms in total. The topological polar surface area (TPSA) is 104 Å². The van der Waals surface area contributed by atoms with E-state index in [2.05, 4.69) is 4.98 Å². The second kappa shape index (κ2) is 4.65. The highest BCUT2D eigenvalue weighted by atomic mass is 32.2. The lowest BCUT2D eigenvalue weighted by Crippen LogP contribution is -2.13. The molecule has 0 aliphatic carbocycles. The highest BCUT2D eigenvalue weighted by Gasteiger charge is 2.13. The molecule has 2 rings (SSSR count). The van der Waals surface area contributed by atoms with Crippen molar-refractivity contribution in [1.82, 2.24) is 9.55 Å². The Balaban J connectivity index is 2.42. The SMILES string of the molecule is Cn1c(SCC(N)=O)nc2cc([N+](=O)[O-])ccc21. The smallest absolute Gasteiger partial charge is 0.271 e. The van der Waals surface area contributed by atoms with Crippen LogP contribution in [0.25, 0.3) is 11.0 Å². The number of aryl methyl sites for hydroxylation is 1. The Morgan fingerprint density at radius 1 is 1.61 bits per heavy atom. The van der Waals surface area contributed by atoms with Gasteiger partial charge in [0.25, 0.3) is 5.69 Å². The molecule has 1 heterocycles. The number of non-ortho nitro benzene ring substituents is 1. The maximum absolute atomic E-state index is 10.7. The fourth-order valence-corrected chi connectivity index (χ4v) is 2.27. The van der Waals surface area contributed by atoms with Crippen LogP contribution in [-0.2, 0) is 11.8 Å². The fraction of sp³-hybridized carbons (Fsp3) is 0.200. The maximum Gasteiger partial charge on any atom is 0.271 e. The van der Waals surface area contributed by atoms with Gasteiger partial charge >= 0.3 is 0 Å². The highest BCUT2D eigenvalue weighted by molar-refractivity contribution is 7.99. The number of rotatable bonds is 4. The molecule has 2 N–H and O–H groups in total. The van der Waals surface area contributed by atoms with Crippen molar-refractivity contribution < 1.29 is 9.72 Å². The third-order valence-corrected chi connectivity index (χ3v) is 3.43. The Morgan fingerprint density at radius 3 is 2.94 bits per heavy atom. The molecular formula is C10H10N4O3S. The molecule has 94 valence electrons. The predicted molar refractivity (Wildman–Crippen MR) is 67.3 cm³/mol. The molecule has 0 atom stereocenters. The summed E-state index contributed by atoms with van der Waals surface area (Å²) in [5.74, 6) is -0.308. The van der Waals surface area contributed by atoms with Crippen LogP contribution in [0.3, 0.4) is 0 Å². The van der Waals surface area contributed by atoms with Crippen LogP contribution in [0.1, 0.15) is 0 Å². The minimum atomic E-state index is -0.468. The fourth-order valence-electron chi connectivity index (χ4n) is 1.54. The van der Waals surface area contributed by atoms with Gasteiger partial charge in [-0.2, -0.15) is 0 Å². The number of aromatic nitrogens is 2. The van der Waals surface area contributed by atoms with Gasteiger partial charge in [0.2, 0.25) is 5.91 Å². The lowest BCUT2D eigenvalue weighted by Gasteiger charge is -1.99. The zero-order chi connectivity index (χ0) is 13.3. The summed E-state index contributed by atoms with van der Waals surface area (Å²) < 4.78 is 1.77. The monoisotopic (exact) mass is 266 g/mol. The van der Waals surface area contributed by atoms with Crippen molar-refractivity contribution in [2.24, 2.45) is 12.8 Å². The number of hydrogen-bond acceptors (Lipinski definition) is 5. The number of nitro groups is 1. The van der Waals surface area contributed by atoms with E-state index in [0.717, 1.165) is 5.52 Å². The standard InChI is InChI=1S/C10H10N4O3S/c1-13-8-3-2-6(14(16)17)4-7(8)12-10(13)18-5-9(11)15/h2-4H,5H2,1H3,(H2,11,15). The molecule has 0 aliphatic rings. The number of nitro benzene ring substituents is 1. The van der Waals surface area contributed by atoms with Gasteiger partial charge in [0.05, 0.1) is 21.7 Å². The molecule has 8 heteroatoms. The summed E-state index contributed by atoms with van der Waals surface area (Å²) in [5, 5.41) is 11.3. The molecule has 2 aromatic rings. The Bertz CT molecular complexity index is 637. The normalized spacial score (nSPS) is 10.7. The largest absolute Gasteiger partial charge is 0.369 e. The molecule has 1 amide bonds. The zero-order valence-corrected chi connectivity index (χ0v) is 10.3. The number of hydrogen-bond donors (Lipinski definition) is 1. The van der Waals surface area contributed by atoms with Crippen molar-refractivity contribution in [1.29, 1.82) is 0 Å². The molecule has 0 saturated carbocycles. The number of primary amides is 1. The zero-order valence-electron chi connectivity index (χ0n) is 9.49. The molecule has 18 heavy (non-hydrogen) atoms. The number of imidazole rings is 1. The van der Waals surface area contributed by atoms with Gasteiger partial charge in [0, 0.05) is 19.2 Å². The van der Waals surface area contributed by atoms with Crippen LogP contribution >= 0.6 is 11.8 Å².